The molecule has 0 unspecified atom stereocenters. The quantitative estimate of drug-likeness (QED) is 0.723. The Balaban J connectivity index is 2.38. The van der Waals surface area contributed by atoms with Gasteiger partial charge >= 0.3 is 0 Å². The van der Waals surface area contributed by atoms with Crippen LogP contribution in [0, 0.1) is 0 Å². The number of aliphatic hydroxyl groups is 1. The predicted molar refractivity (Wildman–Crippen MR) is 70.4 cm³/mol. The first kappa shape index (κ1) is 14.5. The minimum Gasteiger partial charge on any atom is -0.508 e. The lowest BCUT2D eigenvalue weighted by Crippen LogP contribution is -2.29. The van der Waals surface area contributed by atoms with Gasteiger partial charge in [0, 0.05) is 25.8 Å². The summed E-state index contributed by atoms with van der Waals surface area (Å²) in [6.07, 6.45) is 2.82. The van der Waals surface area contributed by atoms with Gasteiger partial charge in [-0.25, -0.2) is 0 Å². The van der Waals surface area contributed by atoms with Gasteiger partial charge in [0.25, 0.3) is 0 Å². The van der Waals surface area contributed by atoms with Gasteiger partial charge in [-0.2, -0.15) is 0 Å². The van der Waals surface area contributed by atoms with Crippen LogP contribution < -0.4 is 0 Å². The number of phenolic OH excluding ortho intramolecular Hbond substituents is 1. The number of aromatic hydroxyl groups is 1. The smallest absolute Gasteiger partial charge is 0.226 e. The maximum atomic E-state index is 11.9. The Morgan fingerprint density at radius 3 is 2.61 bits per heavy atom. The number of phenols is 1. The van der Waals surface area contributed by atoms with Crippen LogP contribution in [0.2, 0.25) is 0 Å². The molecular formula is C14H21NO3. The molecule has 0 heterocycles. The lowest BCUT2D eigenvalue weighted by atomic mass is 10.1. The van der Waals surface area contributed by atoms with Gasteiger partial charge in [-0.15, -0.1) is 0 Å². The Hall–Kier alpha value is -1.55. The van der Waals surface area contributed by atoms with Gasteiger partial charge in [0.2, 0.25) is 5.91 Å². The minimum absolute atomic E-state index is 0.000462. The van der Waals surface area contributed by atoms with E-state index in [0.29, 0.717) is 12.1 Å². The molecule has 1 rings (SSSR count). The summed E-state index contributed by atoms with van der Waals surface area (Å²) >= 11 is 0. The van der Waals surface area contributed by atoms with Gasteiger partial charge in [0.15, 0.2) is 0 Å². The van der Waals surface area contributed by atoms with Crippen LogP contribution in [0.3, 0.4) is 0 Å². The van der Waals surface area contributed by atoms with Gasteiger partial charge in [-0.05, 0) is 25.3 Å². The van der Waals surface area contributed by atoms with Crippen molar-refractivity contribution in [3.8, 4) is 5.75 Å². The van der Waals surface area contributed by atoms with Crippen LogP contribution in [0.4, 0.5) is 0 Å². The number of hydrogen-bond acceptors (Lipinski definition) is 3. The fraction of sp³-hybridized carbons (Fsp3) is 0.500. The van der Waals surface area contributed by atoms with Crippen LogP contribution in [0.25, 0.3) is 0 Å². The Morgan fingerprint density at radius 1 is 1.22 bits per heavy atom. The summed E-state index contributed by atoms with van der Waals surface area (Å²) < 4.78 is 0. The predicted octanol–water partition coefficient (Wildman–Crippen LogP) is 1.56. The monoisotopic (exact) mass is 251 g/mol. The van der Waals surface area contributed by atoms with E-state index < -0.39 is 0 Å². The Bertz CT molecular complexity index is 379. The molecule has 4 heteroatoms. The molecule has 0 atom stereocenters. The highest BCUT2D eigenvalue weighted by atomic mass is 16.3. The maximum absolute atomic E-state index is 11.9. The Morgan fingerprint density at radius 2 is 1.94 bits per heavy atom. The summed E-state index contributed by atoms with van der Waals surface area (Å²) in [6, 6.07) is 6.89. The normalized spacial score (nSPS) is 10.3. The highest BCUT2D eigenvalue weighted by Crippen LogP contribution is 2.16. The van der Waals surface area contributed by atoms with Crippen LogP contribution in [0.5, 0.6) is 5.75 Å². The third kappa shape index (κ3) is 4.75. The standard InChI is InChI=1S/C14H21NO3/c1-15(9-5-2-6-10-16)14(18)11-12-7-3-4-8-13(12)17/h3-4,7-8,16-17H,2,5-6,9-11H2,1H3. The molecule has 100 valence electrons. The van der Waals surface area contributed by atoms with Crippen molar-refractivity contribution in [1.29, 1.82) is 0 Å². The Labute approximate surface area is 108 Å². The fourth-order valence-corrected chi connectivity index (χ4v) is 1.72. The number of amides is 1. The average Bonchev–Trinajstić information content (AvgIpc) is 2.37. The molecule has 2 N–H and O–H groups in total. The van der Waals surface area contributed by atoms with E-state index in [4.69, 9.17) is 5.11 Å². The molecule has 0 aromatic heterocycles. The van der Waals surface area contributed by atoms with Crippen LogP contribution in [0.1, 0.15) is 24.8 Å². The summed E-state index contributed by atoms with van der Waals surface area (Å²) in [7, 11) is 1.77. The Kier molecular flexibility index (Phi) is 6.22. The highest BCUT2D eigenvalue weighted by Gasteiger charge is 2.11. The second kappa shape index (κ2) is 7.71. The van der Waals surface area contributed by atoms with Crippen LogP contribution >= 0.6 is 0 Å². The molecular weight excluding hydrogens is 230 g/mol. The number of carbonyl (C=O) groups excluding carboxylic acids is 1. The van der Waals surface area contributed by atoms with Gasteiger partial charge in [-0.1, -0.05) is 18.2 Å². The number of para-hydroxylation sites is 1. The van der Waals surface area contributed by atoms with Crippen molar-refractivity contribution in [3.63, 3.8) is 0 Å². The van der Waals surface area contributed by atoms with Crippen molar-refractivity contribution in [2.75, 3.05) is 20.2 Å². The topological polar surface area (TPSA) is 60.8 Å². The first-order valence-electron chi connectivity index (χ1n) is 6.27. The first-order chi connectivity index (χ1) is 8.65. The molecule has 0 spiro atoms. The van der Waals surface area contributed by atoms with E-state index in [-0.39, 0.29) is 24.7 Å². The zero-order chi connectivity index (χ0) is 13.4. The number of carbonyl (C=O) groups is 1. The average molecular weight is 251 g/mol. The maximum Gasteiger partial charge on any atom is 0.226 e. The number of unbranched alkanes of at least 4 members (excludes halogenated alkanes) is 2. The van der Waals surface area contributed by atoms with Gasteiger partial charge < -0.3 is 15.1 Å². The molecule has 0 radical (unpaired) electrons. The molecule has 0 saturated heterocycles. The van der Waals surface area contributed by atoms with Crippen LogP contribution in [-0.4, -0.2) is 41.2 Å². The van der Waals surface area contributed by atoms with Crippen LogP contribution in [0.15, 0.2) is 24.3 Å². The van der Waals surface area contributed by atoms with E-state index >= 15 is 0 Å². The van der Waals surface area contributed by atoms with Crippen molar-refractivity contribution >= 4 is 5.91 Å². The molecule has 0 aliphatic rings. The molecule has 0 aliphatic heterocycles. The summed E-state index contributed by atoms with van der Waals surface area (Å²) in [6.45, 7) is 0.891. The molecule has 1 amide bonds. The van der Waals surface area contributed by atoms with E-state index in [9.17, 15) is 9.90 Å². The third-order valence-electron chi connectivity index (χ3n) is 2.91. The van der Waals surface area contributed by atoms with Gasteiger partial charge in [0.1, 0.15) is 5.75 Å². The number of benzene rings is 1. The largest absolute Gasteiger partial charge is 0.508 e. The van der Waals surface area contributed by atoms with Crippen molar-refractivity contribution in [1.82, 2.24) is 4.90 Å². The van der Waals surface area contributed by atoms with Crippen molar-refractivity contribution in [2.24, 2.45) is 0 Å². The van der Waals surface area contributed by atoms with Crippen molar-refractivity contribution < 1.29 is 15.0 Å². The molecule has 0 saturated carbocycles. The van der Waals surface area contributed by atoms with E-state index in [1.54, 1.807) is 30.1 Å². The van der Waals surface area contributed by atoms with E-state index in [1.807, 2.05) is 6.07 Å². The zero-order valence-electron chi connectivity index (χ0n) is 10.8. The number of aliphatic hydroxyl groups excluding tert-OH is 1. The van der Waals surface area contributed by atoms with Crippen LogP contribution in [-0.2, 0) is 11.2 Å². The second-order valence-corrected chi connectivity index (χ2v) is 4.41. The number of hydrogen-bond donors (Lipinski definition) is 2. The number of nitrogens with zero attached hydrogens (tertiary/aromatic N) is 1. The SMILES string of the molecule is CN(CCCCCO)C(=O)Cc1ccccc1O. The van der Waals surface area contributed by atoms with Crippen molar-refractivity contribution in [2.45, 2.75) is 25.7 Å². The summed E-state index contributed by atoms with van der Waals surface area (Å²) in [5.41, 5.74) is 0.657. The third-order valence-corrected chi connectivity index (χ3v) is 2.91. The lowest BCUT2D eigenvalue weighted by Gasteiger charge is -2.17. The van der Waals surface area contributed by atoms with E-state index in [2.05, 4.69) is 0 Å². The van der Waals surface area contributed by atoms with Gasteiger partial charge in [0.05, 0.1) is 6.42 Å². The molecule has 4 nitrogen and oxygen atoms in total. The molecule has 1 aromatic rings. The highest BCUT2D eigenvalue weighted by molar-refractivity contribution is 5.79. The first-order valence-corrected chi connectivity index (χ1v) is 6.27. The minimum atomic E-state index is 0.000462. The summed E-state index contributed by atoms with van der Waals surface area (Å²) in [5, 5.41) is 18.2. The van der Waals surface area contributed by atoms with Gasteiger partial charge in [-0.3, -0.25) is 4.79 Å². The second-order valence-electron chi connectivity index (χ2n) is 4.41. The number of rotatable bonds is 7. The number of likely N-dealkylation sites (N-methyl/N-ethyl adjacent to an activating group) is 1. The van der Waals surface area contributed by atoms with E-state index in [0.717, 1.165) is 19.3 Å². The molecule has 18 heavy (non-hydrogen) atoms. The zero-order valence-corrected chi connectivity index (χ0v) is 10.8. The summed E-state index contributed by atoms with van der Waals surface area (Å²) in [4.78, 5) is 13.6. The van der Waals surface area contributed by atoms with E-state index in [1.165, 1.54) is 0 Å². The summed E-state index contributed by atoms with van der Waals surface area (Å²) in [5.74, 6) is 0.167. The van der Waals surface area contributed by atoms with Crippen molar-refractivity contribution in [3.05, 3.63) is 29.8 Å². The molecule has 0 bridgehead atoms. The molecule has 1 aromatic carbocycles. The molecule has 0 aliphatic carbocycles. The lowest BCUT2D eigenvalue weighted by molar-refractivity contribution is -0.129. The fourth-order valence-electron chi connectivity index (χ4n) is 1.72. The molecule has 0 fully saturated rings.